The molecule has 1 aromatic heterocycles. The van der Waals surface area contributed by atoms with Gasteiger partial charge in [0.2, 0.25) is 11.8 Å². The van der Waals surface area contributed by atoms with Gasteiger partial charge in [-0.25, -0.2) is 0 Å². The minimum Gasteiger partial charge on any atom is -0.493 e. The maximum absolute atomic E-state index is 13.0. The summed E-state index contributed by atoms with van der Waals surface area (Å²) in [6, 6.07) is 12.4. The molecule has 2 unspecified atom stereocenters. The smallest absolute Gasteiger partial charge is 0.243 e. The van der Waals surface area contributed by atoms with E-state index in [2.05, 4.69) is 15.6 Å². The first kappa shape index (κ1) is 21.2. The number of benzene rings is 2. The van der Waals surface area contributed by atoms with Crippen LogP contribution >= 0.6 is 0 Å². The molecular weight excluding hydrogens is 382 g/mol. The third-order valence-electron chi connectivity index (χ3n) is 5.06. The molecule has 0 bridgehead atoms. The van der Waals surface area contributed by atoms with Crippen molar-refractivity contribution >= 4 is 22.7 Å². The number of rotatable bonds is 8. The van der Waals surface area contributed by atoms with E-state index in [0.717, 1.165) is 22.0 Å². The van der Waals surface area contributed by atoms with E-state index >= 15 is 0 Å². The van der Waals surface area contributed by atoms with Gasteiger partial charge in [-0.1, -0.05) is 24.3 Å². The first-order chi connectivity index (χ1) is 14.4. The van der Waals surface area contributed by atoms with Crippen molar-refractivity contribution in [2.75, 3.05) is 14.2 Å². The number of aromatic amines is 1. The van der Waals surface area contributed by atoms with Crippen LogP contribution < -0.4 is 20.1 Å². The van der Waals surface area contributed by atoms with Crippen LogP contribution in [0.25, 0.3) is 10.9 Å². The summed E-state index contributed by atoms with van der Waals surface area (Å²) >= 11 is 0. The number of methoxy groups -OCH3 is 2. The molecule has 3 rings (SSSR count). The fraction of sp³-hybridized carbons (Fsp3) is 0.304. The quantitative estimate of drug-likeness (QED) is 0.533. The topological polar surface area (TPSA) is 92.5 Å². The number of hydrogen-bond acceptors (Lipinski definition) is 4. The number of amides is 2. The van der Waals surface area contributed by atoms with E-state index in [9.17, 15) is 9.59 Å². The van der Waals surface area contributed by atoms with Gasteiger partial charge in [0.05, 0.1) is 20.3 Å². The van der Waals surface area contributed by atoms with Gasteiger partial charge in [0, 0.05) is 30.4 Å². The van der Waals surface area contributed by atoms with Gasteiger partial charge in [-0.2, -0.15) is 0 Å². The summed E-state index contributed by atoms with van der Waals surface area (Å²) in [5.74, 6) is 0.704. The zero-order chi connectivity index (χ0) is 21.7. The Morgan fingerprint density at radius 3 is 2.47 bits per heavy atom. The summed E-state index contributed by atoms with van der Waals surface area (Å²) in [6.45, 7) is 3.29. The highest BCUT2D eigenvalue weighted by molar-refractivity contribution is 5.89. The number of hydrogen-bond donors (Lipinski definition) is 3. The highest BCUT2D eigenvalue weighted by atomic mass is 16.5. The summed E-state index contributed by atoms with van der Waals surface area (Å²) in [5.41, 5.74) is 2.83. The van der Waals surface area contributed by atoms with E-state index in [4.69, 9.17) is 9.47 Å². The largest absolute Gasteiger partial charge is 0.493 e. The summed E-state index contributed by atoms with van der Waals surface area (Å²) in [4.78, 5) is 27.9. The fourth-order valence-corrected chi connectivity index (χ4v) is 3.49. The average molecular weight is 409 g/mol. The predicted molar refractivity (Wildman–Crippen MR) is 116 cm³/mol. The summed E-state index contributed by atoms with van der Waals surface area (Å²) < 4.78 is 10.6. The number of nitrogens with one attached hydrogen (secondary N) is 3. The number of carbonyl (C=O) groups excluding carboxylic acids is 2. The Labute approximate surface area is 175 Å². The zero-order valence-corrected chi connectivity index (χ0v) is 17.6. The molecule has 0 radical (unpaired) electrons. The Morgan fingerprint density at radius 1 is 1.03 bits per heavy atom. The molecular formula is C23H27N3O4. The van der Waals surface area contributed by atoms with E-state index in [1.54, 1.807) is 20.3 Å². The number of fused-ring (bicyclic) bond motifs is 1. The van der Waals surface area contributed by atoms with E-state index in [1.165, 1.54) is 6.92 Å². The Hall–Kier alpha value is -3.48. The minimum absolute atomic E-state index is 0.252. The van der Waals surface area contributed by atoms with Crippen LogP contribution in [-0.2, 0) is 16.0 Å². The fourth-order valence-electron chi connectivity index (χ4n) is 3.49. The van der Waals surface area contributed by atoms with Gasteiger partial charge < -0.3 is 25.1 Å². The third kappa shape index (κ3) is 4.74. The van der Waals surface area contributed by atoms with Crippen LogP contribution in [-0.4, -0.2) is 37.1 Å². The summed E-state index contributed by atoms with van der Waals surface area (Å²) in [6.07, 6.45) is 2.26. The molecule has 2 amide bonds. The lowest BCUT2D eigenvalue weighted by Gasteiger charge is -2.22. The Bertz CT molecular complexity index is 1040. The molecule has 2 atom stereocenters. The average Bonchev–Trinajstić information content (AvgIpc) is 3.15. The molecule has 0 aliphatic rings. The van der Waals surface area contributed by atoms with Crippen LogP contribution in [0.5, 0.6) is 11.5 Å². The van der Waals surface area contributed by atoms with Crippen LogP contribution in [0.15, 0.2) is 48.7 Å². The maximum Gasteiger partial charge on any atom is 0.243 e. The molecule has 0 aliphatic carbocycles. The highest BCUT2D eigenvalue weighted by Crippen LogP contribution is 2.30. The molecule has 0 saturated carbocycles. The number of H-pyrrole nitrogens is 1. The molecule has 0 fully saturated rings. The molecule has 0 aliphatic heterocycles. The van der Waals surface area contributed by atoms with Gasteiger partial charge >= 0.3 is 0 Å². The van der Waals surface area contributed by atoms with Gasteiger partial charge in [0.25, 0.3) is 0 Å². The van der Waals surface area contributed by atoms with Gasteiger partial charge in [-0.3, -0.25) is 9.59 Å². The number of carbonyl (C=O) groups is 2. The van der Waals surface area contributed by atoms with Crippen LogP contribution in [0.1, 0.15) is 31.0 Å². The van der Waals surface area contributed by atoms with E-state index in [-0.39, 0.29) is 17.9 Å². The molecule has 30 heavy (non-hydrogen) atoms. The SMILES string of the molecule is COc1ccc(C(C)NC(=O)C(Cc2c[nH]c3ccccc23)NC(C)=O)cc1OC. The van der Waals surface area contributed by atoms with E-state index < -0.39 is 6.04 Å². The van der Waals surface area contributed by atoms with Gasteiger partial charge in [-0.15, -0.1) is 0 Å². The molecule has 7 heteroatoms. The van der Waals surface area contributed by atoms with Crippen molar-refractivity contribution in [3.05, 3.63) is 59.8 Å². The first-order valence-corrected chi connectivity index (χ1v) is 9.77. The normalized spacial score (nSPS) is 12.8. The zero-order valence-electron chi connectivity index (χ0n) is 17.6. The summed E-state index contributed by atoms with van der Waals surface area (Å²) in [5, 5.41) is 6.80. The monoisotopic (exact) mass is 409 g/mol. The van der Waals surface area contributed by atoms with Gasteiger partial charge in [-0.05, 0) is 36.2 Å². The lowest BCUT2D eigenvalue weighted by molar-refractivity contribution is -0.128. The number of aromatic nitrogens is 1. The van der Waals surface area contributed by atoms with Crippen molar-refractivity contribution in [2.24, 2.45) is 0 Å². The molecule has 7 nitrogen and oxygen atoms in total. The molecule has 1 heterocycles. The Morgan fingerprint density at radius 2 is 1.77 bits per heavy atom. The molecule has 0 spiro atoms. The second-order valence-corrected chi connectivity index (χ2v) is 7.16. The van der Waals surface area contributed by atoms with Crippen molar-refractivity contribution in [3.8, 4) is 11.5 Å². The van der Waals surface area contributed by atoms with Crippen molar-refractivity contribution in [1.29, 1.82) is 0 Å². The number of para-hydroxylation sites is 1. The lowest BCUT2D eigenvalue weighted by atomic mass is 10.0. The van der Waals surface area contributed by atoms with Gasteiger partial charge in [0.15, 0.2) is 11.5 Å². The second kappa shape index (κ2) is 9.35. The van der Waals surface area contributed by atoms with Crippen molar-refractivity contribution in [1.82, 2.24) is 15.6 Å². The number of ether oxygens (including phenoxy) is 2. The highest BCUT2D eigenvalue weighted by Gasteiger charge is 2.23. The van der Waals surface area contributed by atoms with Crippen molar-refractivity contribution < 1.29 is 19.1 Å². The van der Waals surface area contributed by atoms with Gasteiger partial charge in [0.1, 0.15) is 6.04 Å². The van der Waals surface area contributed by atoms with Crippen LogP contribution in [0, 0.1) is 0 Å². The molecule has 3 N–H and O–H groups in total. The third-order valence-corrected chi connectivity index (χ3v) is 5.06. The molecule has 0 saturated heterocycles. The van der Waals surface area contributed by atoms with Crippen LogP contribution in [0.4, 0.5) is 0 Å². The predicted octanol–water partition coefficient (Wildman–Crippen LogP) is 3.11. The van der Waals surface area contributed by atoms with Crippen molar-refractivity contribution in [2.45, 2.75) is 32.4 Å². The molecule has 2 aromatic carbocycles. The second-order valence-electron chi connectivity index (χ2n) is 7.16. The van der Waals surface area contributed by atoms with Crippen LogP contribution in [0.2, 0.25) is 0 Å². The molecule has 3 aromatic rings. The lowest BCUT2D eigenvalue weighted by Crippen LogP contribution is -2.47. The molecule has 158 valence electrons. The van der Waals surface area contributed by atoms with E-state index in [0.29, 0.717) is 17.9 Å². The first-order valence-electron chi connectivity index (χ1n) is 9.77. The van der Waals surface area contributed by atoms with E-state index in [1.807, 2.05) is 49.5 Å². The van der Waals surface area contributed by atoms with Crippen LogP contribution in [0.3, 0.4) is 0 Å². The standard InChI is InChI=1S/C23H27N3O4/c1-14(16-9-10-21(29-3)22(12-16)30-4)25-23(28)20(26-15(2)27)11-17-13-24-19-8-6-5-7-18(17)19/h5-10,12-14,20,24H,11H2,1-4H3,(H,25,28)(H,26,27). The van der Waals surface area contributed by atoms with Crippen molar-refractivity contribution in [3.63, 3.8) is 0 Å². The summed E-state index contributed by atoms with van der Waals surface area (Å²) in [7, 11) is 3.14. The Kier molecular flexibility index (Phi) is 6.61. The Balaban J connectivity index is 1.77. The minimum atomic E-state index is -0.690. The maximum atomic E-state index is 13.0.